The Hall–Kier alpha value is -1.07. The van der Waals surface area contributed by atoms with Gasteiger partial charge in [0.05, 0.1) is 5.75 Å². The predicted molar refractivity (Wildman–Crippen MR) is 55.1 cm³/mol. The zero-order chi connectivity index (χ0) is 8.97. The molecule has 2 heteroatoms. The summed E-state index contributed by atoms with van der Waals surface area (Å²) in [7, 11) is 0. The molecule has 0 aliphatic carbocycles. The fraction of sp³-hybridized carbons (Fsp3) is 0.200. The Morgan fingerprint density at radius 2 is 2.33 bits per heavy atom. The van der Waals surface area contributed by atoms with E-state index in [1.807, 2.05) is 19.1 Å². The van der Waals surface area contributed by atoms with Crippen LogP contribution in [0.4, 0.5) is 5.69 Å². The van der Waals surface area contributed by atoms with Gasteiger partial charge in [-0.05, 0) is 24.6 Å². The van der Waals surface area contributed by atoms with Crippen LogP contribution in [-0.4, -0.2) is 5.75 Å². The highest BCUT2D eigenvalue weighted by Gasteiger charge is 1.97. The van der Waals surface area contributed by atoms with Gasteiger partial charge in [0.2, 0.25) is 0 Å². The van der Waals surface area contributed by atoms with Crippen LogP contribution < -0.4 is 5.73 Å². The predicted octanol–water partition coefficient (Wildman–Crippen LogP) is 2.30. The molecule has 2 N–H and O–H groups in total. The number of hydrogen-bond acceptors (Lipinski definition) is 2. The molecule has 0 radical (unpaired) electrons. The minimum Gasteiger partial charge on any atom is -0.398 e. The topological polar surface area (TPSA) is 26.0 Å². The number of aryl methyl sites for hydroxylation is 1. The van der Waals surface area contributed by atoms with Gasteiger partial charge in [0, 0.05) is 10.6 Å². The van der Waals surface area contributed by atoms with Crippen molar-refractivity contribution >= 4 is 17.4 Å². The third kappa shape index (κ3) is 2.21. The van der Waals surface area contributed by atoms with Crippen LogP contribution in [-0.2, 0) is 0 Å². The van der Waals surface area contributed by atoms with E-state index >= 15 is 0 Å². The molecule has 12 heavy (non-hydrogen) atoms. The molecule has 0 spiro atoms. The molecule has 0 amide bonds. The number of thioether (sulfide) groups is 1. The fourth-order valence-electron chi connectivity index (χ4n) is 0.886. The van der Waals surface area contributed by atoms with Crippen LogP contribution in [0.1, 0.15) is 5.56 Å². The van der Waals surface area contributed by atoms with Crippen LogP contribution in [0, 0.1) is 19.3 Å². The lowest BCUT2D eigenvalue weighted by atomic mass is 10.2. The van der Waals surface area contributed by atoms with E-state index in [9.17, 15) is 0 Å². The van der Waals surface area contributed by atoms with Crippen molar-refractivity contribution in [1.82, 2.24) is 0 Å². The first-order chi connectivity index (χ1) is 5.74. The zero-order valence-corrected chi connectivity index (χ0v) is 7.82. The maximum Gasteiger partial charge on any atom is 0.0592 e. The number of nitrogens with two attached hydrogens (primary N) is 1. The van der Waals surface area contributed by atoms with E-state index in [0.29, 0.717) is 5.75 Å². The molecule has 1 rings (SSSR count). The molecular formula is C10H11NS. The Labute approximate surface area is 77.4 Å². The average Bonchev–Trinajstić information content (AvgIpc) is 2.07. The van der Waals surface area contributed by atoms with E-state index in [-0.39, 0.29) is 0 Å². The van der Waals surface area contributed by atoms with Crippen molar-refractivity contribution in [1.29, 1.82) is 0 Å². The van der Waals surface area contributed by atoms with Crippen LogP contribution in [0.25, 0.3) is 0 Å². The van der Waals surface area contributed by atoms with Gasteiger partial charge in [-0.2, -0.15) is 0 Å². The van der Waals surface area contributed by atoms with Crippen LogP contribution in [0.15, 0.2) is 23.1 Å². The van der Waals surface area contributed by atoms with Crippen molar-refractivity contribution in [3.63, 3.8) is 0 Å². The van der Waals surface area contributed by atoms with Crippen LogP contribution in [0.5, 0.6) is 0 Å². The van der Waals surface area contributed by atoms with E-state index in [1.165, 1.54) is 5.56 Å². The van der Waals surface area contributed by atoms with Gasteiger partial charge >= 0.3 is 0 Å². The normalized spacial score (nSPS) is 9.33. The summed E-state index contributed by atoms with van der Waals surface area (Å²) in [6, 6.07) is 5.96. The molecule has 0 aliphatic rings. The lowest BCUT2D eigenvalue weighted by Crippen LogP contribution is -1.89. The number of rotatable bonds is 2. The summed E-state index contributed by atoms with van der Waals surface area (Å²) in [5, 5.41) is 0. The molecule has 0 saturated carbocycles. The van der Waals surface area contributed by atoms with Crippen molar-refractivity contribution in [2.75, 3.05) is 11.5 Å². The Bertz CT molecular complexity index is 312. The summed E-state index contributed by atoms with van der Waals surface area (Å²) in [6.45, 7) is 2.04. The zero-order valence-electron chi connectivity index (χ0n) is 7.00. The highest BCUT2D eigenvalue weighted by molar-refractivity contribution is 7.99. The van der Waals surface area contributed by atoms with Crippen molar-refractivity contribution in [3.8, 4) is 12.3 Å². The van der Waals surface area contributed by atoms with Crippen LogP contribution in [0.3, 0.4) is 0 Å². The van der Waals surface area contributed by atoms with Gasteiger partial charge in [-0.1, -0.05) is 12.0 Å². The minimum absolute atomic E-state index is 0.674. The Morgan fingerprint density at radius 3 is 3.00 bits per heavy atom. The summed E-state index contributed by atoms with van der Waals surface area (Å²) in [6.07, 6.45) is 5.15. The van der Waals surface area contributed by atoms with E-state index in [4.69, 9.17) is 12.2 Å². The van der Waals surface area contributed by atoms with Gasteiger partial charge in [-0.15, -0.1) is 18.2 Å². The second kappa shape index (κ2) is 4.08. The number of hydrogen-bond donors (Lipinski definition) is 1. The van der Waals surface area contributed by atoms with Gasteiger partial charge in [0.15, 0.2) is 0 Å². The smallest absolute Gasteiger partial charge is 0.0592 e. The summed E-state index contributed by atoms with van der Waals surface area (Å²) in [5.74, 6) is 3.24. The molecule has 0 fully saturated rings. The van der Waals surface area contributed by atoms with Gasteiger partial charge in [-0.3, -0.25) is 0 Å². The molecule has 1 nitrogen and oxygen atoms in total. The maximum absolute atomic E-state index is 5.74. The number of terminal acetylenes is 1. The molecule has 0 unspecified atom stereocenters. The lowest BCUT2D eigenvalue weighted by molar-refractivity contribution is 1.37. The van der Waals surface area contributed by atoms with Crippen molar-refractivity contribution in [3.05, 3.63) is 23.8 Å². The first kappa shape index (κ1) is 9.02. The standard InChI is InChI=1S/C10H11NS/c1-3-6-12-10-7-8(2)4-5-9(10)11/h1,4-5,7H,6,11H2,2H3. The molecule has 0 aromatic heterocycles. The van der Waals surface area contributed by atoms with Crippen molar-refractivity contribution in [2.45, 2.75) is 11.8 Å². The monoisotopic (exact) mass is 177 g/mol. The molecule has 62 valence electrons. The Balaban J connectivity index is 2.84. The van der Waals surface area contributed by atoms with Gasteiger partial charge < -0.3 is 5.73 Å². The largest absolute Gasteiger partial charge is 0.398 e. The van der Waals surface area contributed by atoms with E-state index in [1.54, 1.807) is 11.8 Å². The number of benzene rings is 1. The molecular weight excluding hydrogens is 166 g/mol. The first-order valence-corrected chi connectivity index (χ1v) is 4.65. The average molecular weight is 177 g/mol. The van der Waals surface area contributed by atoms with E-state index in [2.05, 4.69) is 12.0 Å². The third-order valence-corrected chi connectivity index (χ3v) is 2.46. The van der Waals surface area contributed by atoms with E-state index < -0.39 is 0 Å². The number of nitrogen functional groups attached to an aromatic ring is 1. The second-order valence-electron chi connectivity index (χ2n) is 2.53. The van der Waals surface area contributed by atoms with Crippen LogP contribution in [0.2, 0.25) is 0 Å². The Kier molecular flexibility index (Phi) is 3.07. The van der Waals surface area contributed by atoms with E-state index in [0.717, 1.165) is 10.6 Å². The molecule has 0 aliphatic heterocycles. The van der Waals surface area contributed by atoms with Gasteiger partial charge in [0.25, 0.3) is 0 Å². The van der Waals surface area contributed by atoms with Crippen molar-refractivity contribution < 1.29 is 0 Å². The van der Waals surface area contributed by atoms with Crippen LogP contribution >= 0.6 is 11.8 Å². The molecule has 0 heterocycles. The third-order valence-electron chi connectivity index (χ3n) is 1.48. The quantitative estimate of drug-likeness (QED) is 0.426. The maximum atomic E-state index is 5.74. The summed E-state index contributed by atoms with van der Waals surface area (Å²) >= 11 is 1.60. The van der Waals surface area contributed by atoms with Gasteiger partial charge in [0.1, 0.15) is 0 Å². The van der Waals surface area contributed by atoms with Crippen molar-refractivity contribution in [2.24, 2.45) is 0 Å². The molecule has 0 atom stereocenters. The summed E-state index contributed by atoms with van der Waals surface area (Å²) in [4.78, 5) is 1.08. The second-order valence-corrected chi connectivity index (χ2v) is 3.55. The molecule has 0 saturated heterocycles. The molecule has 1 aromatic rings. The molecule has 0 bridgehead atoms. The molecule has 1 aromatic carbocycles. The summed E-state index contributed by atoms with van der Waals surface area (Å²) in [5.41, 5.74) is 7.76. The highest BCUT2D eigenvalue weighted by atomic mass is 32.2. The fourth-order valence-corrected chi connectivity index (χ4v) is 1.63. The highest BCUT2D eigenvalue weighted by Crippen LogP contribution is 2.25. The first-order valence-electron chi connectivity index (χ1n) is 3.66. The lowest BCUT2D eigenvalue weighted by Gasteiger charge is -2.03. The van der Waals surface area contributed by atoms with Gasteiger partial charge in [-0.25, -0.2) is 0 Å². The Morgan fingerprint density at radius 1 is 1.58 bits per heavy atom. The SMILES string of the molecule is C#CCSc1cc(C)ccc1N. The number of anilines is 1. The minimum atomic E-state index is 0.674. The summed E-state index contributed by atoms with van der Waals surface area (Å²) < 4.78 is 0.